The Kier molecular flexibility index (Phi) is 6.49. The van der Waals surface area contributed by atoms with Gasteiger partial charge in [0.15, 0.2) is 0 Å². The van der Waals surface area contributed by atoms with Crippen molar-refractivity contribution in [2.45, 2.75) is 68.3 Å². The van der Waals surface area contributed by atoms with Crippen molar-refractivity contribution >= 4 is 27.3 Å². The highest BCUT2D eigenvalue weighted by atomic mass is 32.2. The van der Waals surface area contributed by atoms with Crippen LogP contribution in [0, 0.1) is 0 Å². The number of thiophene rings is 1. The smallest absolute Gasteiger partial charge is 0.263 e. The summed E-state index contributed by atoms with van der Waals surface area (Å²) in [5, 5.41) is 7.89. The lowest BCUT2D eigenvalue weighted by atomic mass is 10.1. The average Bonchev–Trinajstić information content (AvgIpc) is 2.97. The standard InChI is InChI=1S/C17H27N3O3S2/c21-17(19-14-8-5-10-18-12-14)16-15(9-11-24-16)25(22,23)20-13-6-3-1-2-4-7-13/h9,11,13-14,18,20H,1-8,10,12H2,(H,19,21)/t14-/m0/s1. The predicted molar refractivity (Wildman–Crippen MR) is 99.5 cm³/mol. The van der Waals surface area contributed by atoms with Gasteiger partial charge in [0.05, 0.1) is 0 Å². The number of hydrogen-bond acceptors (Lipinski definition) is 5. The van der Waals surface area contributed by atoms with Gasteiger partial charge in [-0.25, -0.2) is 13.1 Å². The van der Waals surface area contributed by atoms with Crippen LogP contribution in [0.2, 0.25) is 0 Å². The molecule has 0 aromatic carbocycles. The molecular formula is C17H27N3O3S2. The molecule has 8 heteroatoms. The quantitative estimate of drug-likeness (QED) is 0.678. The minimum absolute atomic E-state index is 0.0224. The van der Waals surface area contributed by atoms with Crippen molar-refractivity contribution in [1.29, 1.82) is 0 Å². The molecule has 2 fully saturated rings. The molecule has 6 nitrogen and oxygen atoms in total. The first-order valence-electron chi connectivity index (χ1n) is 9.17. The highest BCUT2D eigenvalue weighted by Crippen LogP contribution is 2.25. The Morgan fingerprint density at radius 1 is 1.08 bits per heavy atom. The van der Waals surface area contributed by atoms with E-state index in [4.69, 9.17) is 0 Å². The van der Waals surface area contributed by atoms with Gasteiger partial charge in [-0.2, -0.15) is 0 Å². The molecule has 140 valence electrons. The number of sulfonamides is 1. The monoisotopic (exact) mass is 385 g/mol. The minimum Gasteiger partial charge on any atom is -0.347 e. The van der Waals surface area contributed by atoms with Gasteiger partial charge in [-0.15, -0.1) is 11.3 Å². The van der Waals surface area contributed by atoms with E-state index in [0.29, 0.717) is 0 Å². The Bertz CT molecular complexity index is 673. The zero-order chi connectivity index (χ0) is 17.7. The number of piperidine rings is 1. The topological polar surface area (TPSA) is 87.3 Å². The lowest BCUT2D eigenvalue weighted by molar-refractivity contribution is 0.0931. The third-order valence-electron chi connectivity index (χ3n) is 4.93. The van der Waals surface area contributed by atoms with E-state index in [0.717, 1.165) is 51.6 Å². The fourth-order valence-corrected chi connectivity index (χ4v) is 6.22. The van der Waals surface area contributed by atoms with E-state index in [1.807, 2.05) is 0 Å². The minimum atomic E-state index is -3.67. The summed E-state index contributed by atoms with van der Waals surface area (Å²) < 4.78 is 28.4. The number of carbonyl (C=O) groups is 1. The van der Waals surface area contributed by atoms with Gasteiger partial charge in [-0.1, -0.05) is 25.7 Å². The molecule has 0 spiro atoms. The van der Waals surface area contributed by atoms with Crippen molar-refractivity contribution in [3.8, 4) is 0 Å². The van der Waals surface area contributed by atoms with E-state index in [1.165, 1.54) is 30.2 Å². The molecule has 0 bridgehead atoms. The van der Waals surface area contributed by atoms with Crippen molar-refractivity contribution in [3.63, 3.8) is 0 Å². The Hall–Kier alpha value is -0.960. The van der Waals surface area contributed by atoms with Gasteiger partial charge in [0.25, 0.3) is 5.91 Å². The number of amides is 1. The lowest BCUT2D eigenvalue weighted by Crippen LogP contribution is -2.45. The zero-order valence-electron chi connectivity index (χ0n) is 14.4. The maximum Gasteiger partial charge on any atom is 0.263 e. The van der Waals surface area contributed by atoms with Crippen LogP contribution in [-0.4, -0.2) is 39.5 Å². The van der Waals surface area contributed by atoms with Gasteiger partial charge in [0.2, 0.25) is 10.0 Å². The number of nitrogens with one attached hydrogen (secondary N) is 3. The van der Waals surface area contributed by atoms with E-state index >= 15 is 0 Å². The molecule has 0 unspecified atom stereocenters. The molecular weight excluding hydrogens is 358 g/mol. The molecule has 1 aromatic heterocycles. The summed E-state index contributed by atoms with van der Waals surface area (Å²) in [6.45, 7) is 1.70. The molecule has 3 N–H and O–H groups in total. The molecule has 1 aliphatic heterocycles. The third-order valence-corrected chi connectivity index (χ3v) is 7.54. The van der Waals surface area contributed by atoms with Gasteiger partial charge >= 0.3 is 0 Å². The van der Waals surface area contributed by atoms with Gasteiger partial charge in [0.1, 0.15) is 9.77 Å². The number of hydrogen-bond donors (Lipinski definition) is 3. The summed E-state index contributed by atoms with van der Waals surface area (Å²) in [7, 11) is -3.67. The van der Waals surface area contributed by atoms with Crippen LogP contribution < -0.4 is 15.4 Å². The van der Waals surface area contributed by atoms with Gasteiger partial charge in [-0.3, -0.25) is 4.79 Å². The van der Waals surface area contributed by atoms with E-state index in [-0.39, 0.29) is 27.8 Å². The normalized spacial score (nSPS) is 23.1. The number of rotatable bonds is 5. The summed E-state index contributed by atoms with van der Waals surface area (Å²) in [4.78, 5) is 13.0. The summed E-state index contributed by atoms with van der Waals surface area (Å²) in [6, 6.07) is 1.58. The first-order chi connectivity index (χ1) is 12.1. The Morgan fingerprint density at radius 3 is 2.48 bits per heavy atom. The molecule has 1 atom stereocenters. The van der Waals surface area contributed by atoms with Crippen molar-refractivity contribution in [3.05, 3.63) is 16.3 Å². The molecule has 1 aliphatic carbocycles. The summed E-state index contributed by atoms with van der Waals surface area (Å²) in [5.41, 5.74) is 0. The van der Waals surface area contributed by atoms with Gasteiger partial charge in [0, 0.05) is 18.6 Å². The predicted octanol–water partition coefficient (Wildman–Crippen LogP) is 2.23. The Balaban J connectivity index is 1.69. The summed E-state index contributed by atoms with van der Waals surface area (Å²) in [5.74, 6) is -0.287. The van der Waals surface area contributed by atoms with E-state index in [2.05, 4.69) is 15.4 Å². The molecule has 0 radical (unpaired) electrons. The van der Waals surface area contributed by atoms with Crippen LogP contribution in [0.25, 0.3) is 0 Å². The van der Waals surface area contributed by atoms with E-state index in [9.17, 15) is 13.2 Å². The lowest BCUT2D eigenvalue weighted by Gasteiger charge is -2.23. The molecule has 2 heterocycles. The fraction of sp³-hybridized carbons (Fsp3) is 0.706. The molecule has 2 aliphatic rings. The van der Waals surface area contributed by atoms with Crippen LogP contribution in [0.4, 0.5) is 0 Å². The maximum atomic E-state index is 12.8. The first-order valence-corrected chi connectivity index (χ1v) is 11.5. The van der Waals surface area contributed by atoms with Crippen LogP contribution in [0.5, 0.6) is 0 Å². The molecule has 1 aromatic rings. The van der Waals surface area contributed by atoms with Crippen molar-refractivity contribution < 1.29 is 13.2 Å². The third kappa shape index (κ3) is 5.03. The molecule has 1 amide bonds. The van der Waals surface area contributed by atoms with Gasteiger partial charge in [-0.05, 0) is 43.7 Å². The number of carbonyl (C=O) groups excluding carboxylic acids is 1. The summed E-state index contributed by atoms with van der Waals surface area (Å²) in [6.07, 6.45) is 8.13. The second kappa shape index (κ2) is 8.62. The molecule has 1 saturated carbocycles. The van der Waals surface area contributed by atoms with Crippen LogP contribution >= 0.6 is 11.3 Å². The van der Waals surface area contributed by atoms with Crippen LogP contribution in [0.15, 0.2) is 16.3 Å². The van der Waals surface area contributed by atoms with Crippen molar-refractivity contribution in [2.24, 2.45) is 0 Å². The molecule has 25 heavy (non-hydrogen) atoms. The van der Waals surface area contributed by atoms with Crippen molar-refractivity contribution in [2.75, 3.05) is 13.1 Å². The van der Waals surface area contributed by atoms with Crippen LogP contribution in [-0.2, 0) is 10.0 Å². The largest absolute Gasteiger partial charge is 0.347 e. The Labute approximate surface area is 153 Å². The van der Waals surface area contributed by atoms with Gasteiger partial charge < -0.3 is 10.6 Å². The second-order valence-electron chi connectivity index (χ2n) is 6.94. The van der Waals surface area contributed by atoms with E-state index < -0.39 is 10.0 Å². The van der Waals surface area contributed by atoms with Crippen LogP contribution in [0.3, 0.4) is 0 Å². The highest BCUT2D eigenvalue weighted by Gasteiger charge is 2.28. The molecule has 3 rings (SSSR count). The Morgan fingerprint density at radius 2 is 1.80 bits per heavy atom. The highest BCUT2D eigenvalue weighted by molar-refractivity contribution is 7.89. The fourth-order valence-electron chi connectivity index (χ4n) is 3.58. The molecule has 1 saturated heterocycles. The van der Waals surface area contributed by atoms with E-state index in [1.54, 1.807) is 5.38 Å². The SMILES string of the molecule is O=C(N[C@H]1CCCNC1)c1sccc1S(=O)(=O)NC1CCCCCC1. The summed E-state index contributed by atoms with van der Waals surface area (Å²) >= 11 is 1.19. The van der Waals surface area contributed by atoms with Crippen LogP contribution in [0.1, 0.15) is 61.0 Å². The second-order valence-corrected chi connectivity index (χ2v) is 9.54. The average molecular weight is 386 g/mol. The maximum absolute atomic E-state index is 12.8. The first kappa shape index (κ1) is 18.8. The zero-order valence-corrected chi connectivity index (χ0v) is 16.1. The van der Waals surface area contributed by atoms with Crippen molar-refractivity contribution in [1.82, 2.24) is 15.4 Å².